The molecule has 1 fully saturated rings. The van der Waals surface area contributed by atoms with Crippen molar-refractivity contribution in [2.75, 3.05) is 50.1 Å². The van der Waals surface area contributed by atoms with Crippen molar-refractivity contribution in [3.8, 4) is 11.4 Å². The lowest BCUT2D eigenvalue weighted by atomic mass is 10.1. The van der Waals surface area contributed by atoms with Crippen LogP contribution in [0, 0.1) is 0 Å². The van der Waals surface area contributed by atoms with Gasteiger partial charge in [0.25, 0.3) is 5.91 Å². The van der Waals surface area contributed by atoms with E-state index in [-0.39, 0.29) is 11.9 Å². The van der Waals surface area contributed by atoms with Gasteiger partial charge in [-0.05, 0) is 43.3 Å². The number of aromatic nitrogens is 2. The number of amides is 1. The number of benzene rings is 2. The molecule has 1 aromatic heterocycles. The summed E-state index contributed by atoms with van der Waals surface area (Å²) in [6.07, 6.45) is 3.47. The van der Waals surface area contributed by atoms with Crippen molar-refractivity contribution in [3.63, 3.8) is 0 Å². The van der Waals surface area contributed by atoms with Crippen LogP contribution >= 0.6 is 11.5 Å². The highest BCUT2D eigenvalue weighted by Crippen LogP contribution is 2.21. The molecule has 9 nitrogen and oxygen atoms in total. The molecule has 1 saturated heterocycles. The van der Waals surface area contributed by atoms with Crippen LogP contribution in [0.5, 0.6) is 0 Å². The Labute approximate surface area is 226 Å². The molecular weight excluding hydrogens is 500 g/mol. The number of nitrogens with one attached hydrogen (secondary N) is 1. The summed E-state index contributed by atoms with van der Waals surface area (Å²) in [6.45, 7) is 9.17. The van der Waals surface area contributed by atoms with E-state index in [0.29, 0.717) is 28.7 Å². The number of ether oxygens (including phenoxy) is 1. The molecule has 2 heterocycles. The van der Waals surface area contributed by atoms with Crippen LogP contribution in [0.15, 0.2) is 83.9 Å². The monoisotopic (exact) mass is 530 g/mol. The quantitative estimate of drug-likeness (QED) is 0.153. The fourth-order valence-corrected chi connectivity index (χ4v) is 4.53. The summed E-state index contributed by atoms with van der Waals surface area (Å²) >= 11 is 1.13. The minimum Gasteiger partial charge on any atom is -0.462 e. The Kier molecular flexibility index (Phi) is 8.99. The van der Waals surface area contributed by atoms with Crippen molar-refractivity contribution >= 4 is 40.1 Å². The van der Waals surface area contributed by atoms with Gasteiger partial charge in [-0.3, -0.25) is 15.1 Å². The summed E-state index contributed by atoms with van der Waals surface area (Å²) in [6, 6.07) is 17.1. The van der Waals surface area contributed by atoms with Crippen LogP contribution in [0.3, 0.4) is 0 Å². The molecule has 0 atom stereocenters. The number of rotatable bonds is 8. The largest absolute Gasteiger partial charge is 0.462 e. The Morgan fingerprint density at radius 3 is 2.45 bits per heavy atom. The van der Waals surface area contributed by atoms with E-state index < -0.39 is 0 Å². The summed E-state index contributed by atoms with van der Waals surface area (Å²) in [5, 5.41) is 3.18. The van der Waals surface area contributed by atoms with Gasteiger partial charge in [0.1, 0.15) is 5.84 Å². The Balaban J connectivity index is 1.28. The summed E-state index contributed by atoms with van der Waals surface area (Å²) in [5.41, 5.74) is 2.79. The molecule has 0 aliphatic carbocycles. The van der Waals surface area contributed by atoms with Gasteiger partial charge in [-0.25, -0.2) is 4.79 Å². The lowest BCUT2D eigenvalue weighted by Gasteiger charge is -2.37. The number of anilines is 2. The summed E-state index contributed by atoms with van der Waals surface area (Å²) < 4.78 is 9.37. The van der Waals surface area contributed by atoms with Gasteiger partial charge in [0, 0.05) is 61.6 Å². The van der Waals surface area contributed by atoms with Crippen molar-refractivity contribution in [1.82, 2.24) is 14.3 Å². The Morgan fingerprint density at radius 2 is 1.79 bits per heavy atom. The minimum atomic E-state index is -0.344. The predicted molar refractivity (Wildman–Crippen MR) is 152 cm³/mol. The zero-order valence-corrected chi connectivity index (χ0v) is 22.3. The maximum Gasteiger partial charge on any atom is 0.338 e. The maximum atomic E-state index is 12.6. The van der Waals surface area contributed by atoms with E-state index in [9.17, 15) is 9.59 Å². The maximum absolute atomic E-state index is 12.6. The van der Waals surface area contributed by atoms with Gasteiger partial charge in [0.2, 0.25) is 5.13 Å². The van der Waals surface area contributed by atoms with E-state index >= 15 is 0 Å². The van der Waals surface area contributed by atoms with E-state index in [1.165, 1.54) is 0 Å². The van der Waals surface area contributed by atoms with Crippen LogP contribution in [-0.4, -0.2) is 71.8 Å². The molecule has 2 aromatic carbocycles. The Hall–Kier alpha value is -4.31. The molecular formula is C28H30N6O3S. The minimum absolute atomic E-state index is 0.294. The highest BCUT2D eigenvalue weighted by molar-refractivity contribution is 7.10. The summed E-state index contributed by atoms with van der Waals surface area (Å²) in [4.78, 5) is 37.7. The third-order valence-electron chi connectivity index (χ3n) is 5.98. The topological polar surface area (TPSA) is 100 Å². The molecule has 10 heteroatoms. The first kappa shape index (κ1) is 26.7. The molecule has 196 valence electrons. The van der Waals surface area contributed by atoms with Gasteiger partial charge < -0.3 is 14.5 Å². The Bertz CT molecular complexity index is 1330. The van der Waals surface area contributed by atoms with Crippen LogP contribution in [0.4, 0.5) is 10.8 Å². The molecule has 1 N–H and O–H groups in total. The van der Waals surface area contributed by atoms with Gasteiger partial charge in [-0.2, -0.15) is 9.36 Å². The Morgan fingerprint density at radius 1 is 1.08 bits per heavy atom. The van der Waals surface area contributed by atoms with E-state index in [4.69, 9.17) is 4.74 Å². The lowest BCUT2D eigenvalue weighted by Crippen LogP contribution is -2.48. The van der Waals surface area contributed by atoms with Crippen LogP contribution in [0.25, 0.3) is 11.4 Å². The van der Waals surface area contributed by atoms with Crippen LogP contribution in [0.1, 0.15) is 17.3 Å². The molecule has 1 amide bonds. The number of aliphatic imine (C=N–C) groups is 1. The van der Waals surface area contributed by atoms with E-state index in [0.717, 1.165) is 54.8 Å². The number of hydrogen-bond donors (Lipinski definition) is 1. The fourth-order valence-electron chi connectivity index (χ4n) is 3.94. The first-order valence-corrected chi connectivity index (χ1v) is 13.1. The average molecular weight is 531 g/mol. The van der Waals surface area contributed by atoms with Crippen LogP contribution in [0.2, 0.25) is 0 Å². The summed E-state index contributed by atoms with van der Waals surface area (Å²) in [5.74, 6) is 0.693. The van der Waals surface area contributed by atoms with E-state index in [1.54, 1.807) is 38.3 Å². The third-order valence-corrected chi connectivity index (χ3v) is 6.61. The van der Waals surface area contributed by atoms with Crippen molar-refractivity contribution in [3.05, 3.63) is 84.5 Å². The second kappa shape index (κ2) is 12.8. The number of carbonyl (C=O) groups is 2. The van der Waals surface area contributed by atoms with Crippen molar-refractivity contribution < 1.29 is 14.3 Å². The standard InChI is InChI=1S/C28H30N6O3S/c1-4-37-27(36)22-11-13-23(14-12-22)33-16-18-34(19-17-33)24(29-3)15-10-20(2)26(35)31-28-30-25(32-38-28)21-8-6-5-7-9-21/h5-15H,2,4,16-19H2,1,3H3,(H,30,31,32,35). The van der Waals surface area contributed by atoms with E-state index in [1.807, 2.05) is 42.5 Å². The number of carbonyl (C=O) groups excluding carboxylic acids is 2. The van der Waals surface area contributed by atoms with Crippen molar-refractivity contribution in [1.29, 1.82) is 0 Å². The normalized spacial score (nSPS) is 14.0. The molecule has 0 radical (unpaired) electrons. The number of nitrogens with zero attached hydrogens (tertiary/aromatic N) is 5. The SMILES string of the molecule is C=C(C=CC(=NC)N1CCN(c2ccc(C(=O)OCC)cc2)CC1)C(=O)Nc1nc(-c2ccccc2)ns1. The van der Waals surface area contributed by atoms with Gasteiger partial charge in [0.15, 0.2) is 5.82 Å². The van der Waals surface area contributed by atoms with Gasteiger partial charge in [-0.15, -0.1) is 0 Å². The highest BCUT2D eigenvalue weighted by atomic mass is 32.1. The van der Waals surface area contributed by atoms with E-state index in [2.05, 4.69) is 36.0 Å². The second-order valence-electron chi connectivity index (χ2n) is 8.43. The molecule has 0 bridgehead atoms. The van der Waals surface area contributed by atoms with Crippen molar-refractivity contribution in [2.45, 2.75) is 6.92 Å². The first-order chi connectivity index (χ1) is 18.5. The van der Waals surface area contributed by atoms with Crippen LogP contribution < -0.4 is 10.2 Å². The molecule has 0 spiro atoms. The fraction of sp³-hybridized carbons (Fsp3) is 0.250. The first-order valence-electron chi connectivity index (χ1n) is 12.3. The average Bonchev–Trinajstić information content (AvgIpc) is 3.43. The highest BCUT2D eigenvalue weighted by Gasteiger charge is 2.19. The number of hydrogen-bond acceptors (Lipinski definition) is 8. The molecule has 3 aromatic rings. The molecule has 1 aliphatic heterocycles. The second-order valence-corrected chi connectivity index (χ2v) is 9.18. The predicted octanol–water partition coefficient (Wildman–Crippen LogP) is 4.28. The number of amidine groups is 1. The molecule has 0 saturated carbocycles. The summed E-state index contributed by atoms with van der Waals surface area (Å²) in [7, 11) is 1.73. The third kappa shape index (κ3) is 6.71. The zero-order valence-electron chi connectivity index (χ0n) is 21.5. The van der Waals surface area contributed by atoms with Gasteiger partial charge in [0.05, 0.1) is 12.2 Å². The molecule has 1 aliphatic rings. The zero-order chi connectivity index (χ0) is 26.9. The smallest absolute Gasteiger partial charge is 0.338 e. The van der Waals surface area contributed by atoms with Crippen LogP contribution in [-0.2, 0) is 9.53 Å². The molecule has 38 heavy (non-hydrogen) atoms. The lowest BCUT2D eigenvalue weighted by molar-refractivity contribution is -0.112. The van der Waals surface area contributed by atoms with Gasteiger partial charge in [-0.1, -0.05) is 36.9 Å². The van der Waals surface area contributed by atoms with Crippen molar-refractivity contribution in [2.24, 2.45) is 4.99 Å². The molecule has 4 rings (SSSR count). The number of piperazine rings is 1. The molecule has 0 unspecified atom stereocenters. The number of esters is 1. The van der Waals surface area contributed by atoms with Gasteiger partial charge >= 0.3 is 5.97 Å².